The van der Waals surface area contributed by atoms with E-state index in [1.807, 2.05) is 18.2 Å². The Balaban J connectivity index is 1.27. The van der Waals surface area contributed by atoms with Gasteiger partial charge in [-0.2, -0.15) is 0 Å². The van der Waals surface area contributed by atoms with Crippen molar-refractivity contribution in [2.45, 2.75) is 26.2 Å². The molecule has 2 fully saturated rings. The van der Waals surface area contributed by atoms with E-state index in [4.69, 9.17) is 9.72 Å². The Kier molecular flexibility index (Phi) is 10.0. The lowest BCUT2D eigenvalue weighted by atomic mass is 10.1. The summed E-state index contributed by atoms with van der Waals surface area (Å²) in [5.41, 5.74) is 1.93. The Morgan fingerprint density at radius 3 is 2.51 bits per heavy atom. The van der Waals surface area contributed by atoms with Gasteiger partial charge < -0.3 is 15.4 Å². The van der Waals surface area contributed by atoms with Crippen molar-refractivity contribution in [3.8, 4) is 0 Å². The molecule has 2 aliphatic rings. The number of ether oxygens (including phenoxy) is 1. The van der Waals surface area contributed by atoms with E-state index in [-0.39, 0.29) is 11.8 Å². The highest BCUT2D eigenvalue weighted by Crippen LogP contribution is 2.19. The van der Waals surface area contributed by atoms with Gasteiger partial charge in [-0.3, -0.25) is 14.7 Å². The monoisotopic (exact) mass is 506 g/mol. The van der Waals surface area contributed by atoms with E-state index < -0.39 is 0 Å². The van der Waals surface area contributed by atoms with Crippen molar-refractivity contribution in [1.82, 2.24) is 20.2 Å². The summed E-state index contributed by atoms with van der Waals surface area (Å²) in [7, 11) is 0. The van der Waals surface area contributed by atoms with E-state index >= 15 is 0 Å². The Labute approximate surface area is 219 Å². The third-order valence-electron chi connectivity index (χ3n) is 6.64. The molecule has 198 valence electrons. The Bertz CT molecular complexity index is 1050. The van der Waals surface area contributed by atoms with Crippen LogP contribution in [0.2, 0.25) is 0 Å². The van der Waals surface area contributed by atoms with Crippen LogP contribution in [-0.4, -0.2) is 85.7 Å². The Morgan fingerprint density at radius 2 is 1.78 bits per heavy atom. The highest BCUT2D eigenvalue weighted by Gasteiger charge is 2.18. The first kappa shape index (κ1) is 26.8. The number of carbonyl (C=O) groups is 2. The fourth-order valence-corrected chi connectivity index (χ4v) is 4.60. The molecule has 0 atom stereocenters. The molecular weight excluding hydrogens is 468 g/mol. The number of nitrogens with one attached hydrogen (secondary N) is 2. The topological polar surface area (TPSA) is 90.0 Å². The molecule has 2 N–H and O–H groups in total. The number of anilines is 2. The average Bonchev–Trinajstić information content (AvgIpc) is 2.94. The SMILES string of the molecule is CCN(c1cccc(C=CC(=O)c2ccc(NC(=O)NCCN3CCOCC3)cc2)n1)N1CCCCC1. The first-order chi connectivity index (χ1) is 18.1. The van der Waals surface area contributed by atoms with Crippen molar-refractivity contribution in [2.24, 2.45) is 0 Å². The predicted octanol–water partition coefficient (Wildman–Crippen LogP) is 3.66. The van der Waals surface area contributed by atoms with Crippen molar-refractivity contribution in [3.63, 3.8) is 0 Å². The smallest absolute Gasteiger partial charge is 0.319 e. The van der Waals surface area contributed by atoms with Gasteiger partial charge in [-0.25, -0.2) is 14.8 Å². The summed E-state index contributed by atoms with van der Waals surface area (Å²) in [6.07, 6.45) is 7.00. The minimum atomic E-state index is -0.260. The summed E-state index contributed by atoms with van der Waals surface area (Å²) < 4.78 is 5.33. The van der Waals surface area contributed by atoms with E-state index in [1.54, 1.807) is 36.4 Å². The largest absolute Gasteiger partial charge is 0.379 e. The number of aromatic nitrogens is 1. The number of pyridine rings is 1. The summed E-state index contributed by atoms with van der Waals surface area (Å²) in [6, 6.07) is 12.5. The maximum Gasteiger partial charge on any atom is 0.319 e. The lowest BCUT2D eigenvalue weighted by Crippen LogP contribution is -2.46. The molecule has 0 aliphatic carbocycles. The van der Waals surface area contributed by atoms with Gasteiger partial charge in [0.25, 0.3) is 0 Å². The molecule has 9 heteroatoms. The highest BCUT2D eigenvalue weighted by atomic mass is 16.5. The fraction of sp³-hybridized carbons (Fsp3) is 0.464. The number of ketones is 1. The van der Waals surface area contributed by atoms with Crippen molar-refractivity contribution in [2.75, 3.05) is 69.4 Å². The van der Waals surface area contributed by atoms with E-state index in [1.165, 1.54) is 19.3 Å². The number of nitrogens with zero attached hydrogens (tertiary/aromatic N) is 4. The lowest BCUT2D eigenvalue weighted by molar-refractivity contribution is 0.0388. The van der Waals surface area contributed by atoms with Crippen LogP contribution in [0.15, 0.2) is 48.5 Å². The molecule has 0 unspecified atom stereocenters. The summed E-state index contributed by atoms with van der Waals surface area (Å²) in [5, 5.41) is 10.3. The molecule has 2 amide bonds. The van der Waals surface area contributed by atoms with E-state index in [0.29, 0.717) is 17.8 Å². The van der Waals surface area contributed by atoms with Gasteiger partial charge in [0.15, 0.2) is 5.78 Å². The van der Waals surface area contributed by atoms with Crippen LogP contribution in [0.1, 0.15) is 42.2 Å². The molecule has 0 radical (unpaired) electrons. The van der Waals surface area contributed by atoms with Crippen molar-refractivity contribution in [1.29, 1.82) is 0 Å². The highest BCUT2D eigenvalue weighted by molar-refractivity contribution is 6.07. The van der Waals surface area contributed by atoms with Crippen LogP contribution in [-0.2, 0) is 4.74 Å². The Hall–Kier alpha value is -3.27. The molecule has 4 rings (SSSR count). The van der Waals surface area contributed by atoms with Gasteiger partial charge in [0, 0.05) is 57.1 Å². The number of carbonyl (C=O) groups excluding carboxylic acids is 2. The Morgan fingerprint density at radius 1 is 1.03 bits per heavy atom. The molecule has 3 heterocycles. The molecule has 9 nitrogen and oxygen atoms in total. The minimum Gasteiger partial charge on any atom is -0.379 e. The number of allylic oxidation sites excluding steroid dienone is 1. The van der Waals surface area contributed by atoms with Crippen LogP contribution in [0.3, 0.4) is 0 Å². The van der Waals surface area contributed by atoms with E-state index in [0.717, 1.165) is 64.0 Å². The third kappa shape index (κ3) is 8.11. The van der Waals surface area contributed by atoms with E-state index in [2.05, 4.69) is 32.5 Å². The number of piperidine rings is 1. The molecule has 0 bridgehead atoms. The van der Waals surface area contributed by atoms with Gasteiger partial charge in [0.1, 0.15) is 5.82 Å². The fourth-order valence-electron chi connectivity index (χ4n) is 4.60. The molecule has 0 saturated carbocycles. The van der Waals surface area contributed by atoms with Gasteiger partial charge in [-0.15, -0.1) is 0 Å². The van der Waals surface area contributed by atoms with Crippen LogP contribution < -0.4 is 15.6 Å². The quantitative estimate of drug-likeness (QED) is 0.375. The first-order valence-electron chi connectivity index (χ1n) is 13.3. The second-order valence-corrected chi connectivity index (χ2v) is 9.26. The maximum absolute atomic E-state index is 12.7. The number of hydrogen-bond acceptors (Lipinski definition) is 7. The number of urea groups is 1. The van der Waals surface area contributed by atoms with E-state index in [9.17, 15) is 9.59 Å². The number of benzene rings is 1. The number of hydrogen-bond donors (Lipinski definition) is 2. The van der Waals surface area contributed by atoms with Gasteiger partial charge >= 0.3 is 6.03 Å². The number of morpholine rings is 1. The first-order valence-corrected chi connectivity index (χ1v) is 13.3. The van der Waals surface area contributed by atoms with Crippen LogP contribution in [0.4, 0.5) is 16.3 Å². The zero-order chi connectivity index (χ0) is 25.9. The maximum atomic E-state index is 12.7. The molecule has 1 aromatic heterocycles. The number of amides is 2. The number of rotatable bonds is 10. The molecule has 2 aliphatic heterocycles. The summed E-state index contributed by atoms with van der Waals surface area (Å²) in [4.78, 5) is 31.9. The standard InChI is InChI=1S/C28H38N6O3/c1-2-34(33-16-4-3-5-17-33)27-8-6-7-24(30-27)13-14-26(35)23-9-11-25(12-10-23)31-28(36)29-15-18-32-19-21-37-22-20-32/h6-14H,2-5,15-22H2,1H3,(H2,29,31,36). The molecule has 37 heavy (non-hydrogen) atoms. The van der Waals surface area contributed by atoms with Crippen molar-refractivity contribution >= 4 is 29.4 Å². The molecule has 2 saturated heterocycles. The lowest BCUT2D eigenvalue weighted by Gasteiger charge is -2.37. The molecule has 1 aromatic carbocycles. The van der Waals surface area contributed by atoms with Crippen molar-refractivity contribution in [3.05, 3.63) is 59.8 Å². The number of hydrazine groups is 1. The zero-order valence-electron chi connectivity index (χ0n) is 21.7. The minimum absolute atomic E-state index is 0.114. The summed E-state index contributed by atoms with van der Waals surface area (Å²) >= 11 is 0. The van der Waals surface area contributed by atoms with Crippen LogP contribution in [0, 0.1) is 0 Å². The summed E-state index contributed by atoms with van der Waals surface area (Å²) in [5.74, 6) is 0.787. The average molecular weight is 507 g/mol. The molecule has 0 spiro atoms. The zero-order valence-corrected chi connectivity index (χ0v) is 21.7. The van der Waals surface area contributed by atoms with Crippen molar-refractivity contribution < 1.29 is 14.3 Å². The van der Waals surface area contributed by atoms with Gasteiger partial charge in [-0.1, -0.05) is 12.5 Å². The second-order valence-electron chi connectivity index (χ2n) is 9.26. The second kappa shape index (κ2) is 13.9. The molecule has 2 aromatic rings. The third-order valence-corrected chi connectivity index (χ3v) is 6.64. The normalized spacial score (nSPS) is 17.0. The summed E-state index contributed by atoms with van der Waals surface area (Å²) in [6.45, 7) is 9.72. The van der Waals surface area contributed by atoms with Crippen LogP contribution >= 0.6 is 0 Å². The molecular formula is C28H38N6O3. The van der Waals surface area contributed by atoms with Crippen LogP contribution in [0.25, 0.3) is 6.08 Å². The van der Waals surface area contributed by atoms with Gasteiger partial charge in [0.2, 0.25) is 0 Å². The van der Waals surface area contributed by atoms with Gasteiger partial charge in [0.05, 0.1) is 18.9 Å². The van der Waals surface area contributed by atoms with Gasteiger partial charge in [-0.05, 0) is 68.3 Å². The van der Waals surface area contributed by atoms with Crippen LogP contribution in [0.5, 0.6) is 0 Å². The predicted molar refractivity (Wildman–Crippen MR) is 147 cm³/mol.